The maximum Gasteiger partial charge on any atom is 0.359 e. The fourth-order valence-corrected chi connectivity index (χ4v) is 2.58. The van der Waals surface area contributed by atoms with Gasteiger partial charge >= 0.3 is 5.97 Å². The molecule has 2 heterocycles. The van der Waals surface area contributed by atoms with Crippen LogP contribution in [-0.2, 0) is 22.5 Å². The van der Waals surface area contributed by atoms with E-state index in [1.807, 2.05) is 23.8 Å². The highest BCUT2D eigenvalue weighted by Gasteiger charge is 2.16. The molecule has 1 amide bonds. The Balaban J connectivity index is 1.80. The Bertz CT molecular complexity index is 622. The smallest absolute Gasteiger partial charge is 0.359 e. The largest absolute Gasteiger partial charge is 0.451 e. The fourth-order valence-electron chi connectivity index (χ4n) is 1.92. The first-order valence-corrected chi connectivity index (χ1v) is 8.01. The molecule has 0 saturated carbocycles. The van der Waals surface area contributed by atoms with E-state index in [1.165, 1.54) is 4.90 Å². The minimum absolute atomic E-state index is 0.205. The van der Waals surface area contributed by atoms with Crippen LogP contribution in [0.5, 0.6) is 0 Å². The van der Waals surface area contributed by atoms with Gasteiger partial charge in [0, 0.05) is 19.3 Å². The summed E-state index contributed by atoms with van der Waals surface area (Å²) >= 11 is 1.58. The highest BCUT2D eigenvalue weighted by Crippen LogP contribution is 2.09. The minimum Gasteiger partial charge on any atom is -0.451 e. The topological polar surface area (TPSA) is 75.3 Å². The lowest BCUT2D eigenvalue weighted by atomic mass is 10.2. The SMILES string of the molecule is CCCc1cc(C(=O)OCC(=O)N(C)Cc2ccsc2)n[nH]1. The monoisotopic (exact) mass is 321 g/mol. The molecule has 0 aliphatic carbocycles. The molecule has 6 nitrogen and oxygen atoms in total. The van der Waals surface area contributed by atoms with Crippen molar-refractivity contribution in [2.75, 3.05) is 13.7 Å². The van der Waals surface area contributed by atoms with Crippen LogP contribution in [0.1, 0.15) is 35.1 Å². The van der Waals surface area contributed by atoms with E-state index in [1.54, 1.807) is 24.5 Å². The van der Waals surface area contributed by atoms with Gasteiger partial charge in [0.05, 0.1) is 0 Å². The standard InChI is InChI=1S/C15H19N3O3S/c1-3-4-12-7-13(17-16-12)15(20)21-9-14(19)18(2)8-11-5-6-22-10-11/h5-7,10H,3-4,8-9H2,1-2H3,(H,16,17). The van der Waals surface area contributed by atoms with Gasteiger partial charge in [0.15, 0.2) is 12.3 Å². The van der Waals surface area contributed by atoms with E-state index in [9.17, 15) is 9.59 Å². The lowest BCUT2D eigenvalue weighted by molar-refractivity contribution is -0.133. The molecule has 0 bridgehead atoms. The molecule has 0 unspecified atom stereocenters. The summed E-state index contributed by atoms with van der Waals surface area (Å²) in [6.45, 7) is 2.26. The third-order valence-electron chi connectivity index (χ3n) is 3.11. The summed E-state index contributed by atoms with van der Waals surface area (Å²) in [6, 6.07) is 3.62. The molecule has 2 rings (SSSR count). The Morgan fingerprint density at radius 1 is 1.45 bits per heavy atom. The van der Waals surface area contributed by atoms with E-state index in [0.29, 0.717) is 6.54 Å². The van der Waals surface area contributed by atoms with Crippen LogP contribution in [-0.4, -0.2) is 40.6 Å². The van der Waals surface area contributed by atoms with E-state index < -0.39 is 5.97 Å². The van der Waals surface area contributed by atoms with Gasteiger partial charge in [-0.25, -0.2) is 4.79 Å². The Labute approximate surface area is 133 Å². The molecule has 2 aromatic heterocycles. The first kappa shape index (κ1) is 16.2. The minimum atomic E-state index is -0.587. The molecule has 0 aliphatic rings. The van der Waals surface area contributed by atoms with Crippen LogP contribution in [0.15, 0.2) is 22.9 Å². The summed E-state index contributed by atoms with van der Waals surface area (Å²) in [4.78, 5) is 25.3. The molecular weight excluding hydrogens is 302 g/mol. The number of likely N-dealkylation sites (N-methyl/N-ethyl adjacent to an activating group) is 1. The Hall–Kier alpha value is -2.15. The molecule has 0 fully saturated rings. The fraction of sp³-hybridized carbons (Fsp3) is 0.400. The number of thiophene rings is 1. The van der Waals surface area contributed by atoms with Crippen molar-refractivity contribution in [3.05, 3.63) is 39.8 Å². The zero-order chi connectivity index (χ0) is 15.9. The second-order valence-electron chi connectivity index (χ2n) is 4.99. The van der Waals surface area contributed by atoms with E-state index in [2.05, 4.69) is 10.2 Å². The lowest BCUT2D eigenvalue weighted by Crippen LogP contribution is -2.30. The van der Waals surface area contributed by atoms with Crippen molar-refractivity contribution in [3.63, 3.8) is 0 Å². The number of amides is 1. The maximum absolute atomic E-state index is 11.9. The normalized spacial score (nSPS) is 10.5. The van der Waals surface area contributed by atoms with Gasteiger partial charge in [-0.2, -0.15) is 16.4 Å². The molecule has 7 heteroatoms. The second-order valence-corrected chi connectivity index (χ2v) is 5.77. The predicted molar refractivity (Wildman–Crippen MR) is 83.7 cm³/mol. The highest BCUT2D eigenvalue weighted by molar-refractivity contribution is 7.07. The molecular formula is C15H19N3O3S. The molecule has 0 radical (unpaired) electrons. The number of aromatic nitrogens is 2. The number of nitrogens with one attached hydrogen (secondary N) is 1. The van der Waals surface area contributed by atoms with Gasteiger partial charge < -0.3 is 9.64 Å². The van der Waals surface area contributed by atoms with Gasteiger partial charge in [-0.3, -0.25) is 9.89 Å². The number of nitrogens with zero attached hydrogens (tertiary/aromatic N) is 2. The summed E-state index contributed by atoms with van der Waals surface area (Å²) in [7, 11) is 1.68. The van der Waals surface area contributed by atoms with Gasteiger partial charge in [-0.1, -0.05) is 13.3 Å². The Kier molecular flexibility index (Phi) is 5.71. The maximum atomic E-state index is 11.9. The number of carbonyl (C=O) groups excluding carboxylic acids is 2. The number of carbonyl (C=O) groups is 2. The van der Waals surface area contributed by atoms with E-state index in [4.69, 9.17) is 4.74 Å². The average molecular weight is 321 g/mol. The van der Waals surface area contributed by atoms with E-state index >= 15 is 0 Å². The molecule has 0 spiro atoms. The summed E-state index contributed by atoms with van der Waals surface area (Å²) in [5, 5.41) is 10.6. The number of ether oxygens (including phenoxy) is 1. The van der Waals surface area contributed by atoms with Gasteiger partial charge in [-0.05, 0) is 34.9 Å². The van der Waals surface area contributed by atoms with Crippen molar-refractivity contribution < 1.29 is 14.3 Å². The summed E-state index contributed by atoms with van der Waals surface area (Å²) < 4.78 is 5.01. The molecule has 22 heavy (non-hydrogen) atoms. The average Bonchev–Trinajstić information content (AvgIpc) is 3.16. The van der Waals surface area contributed by atoms with E-state index in [-0.39, 0.29) is 18.2 Å². The van der Waals surface area contributed by atoms with Crippen LogP contribution in [0.25, 0.3) is 0 Å². The number of hydrogen-bond acceptors (Lipinski definition) is 5. The van der Waals surface area contributed by atoms with Crippen molar-refractivity contribution in [3.8, 4) is 0 Å². The van der Waals surface area contributed by atoms with Crippen molar-refractivity contribution in [2.24, 2.45) is 0 Å². The predicted octanol–water partition coefficient (Wildman–Crippen LogP) is 2.24. The first-order chi connectivity index (χ1) is 10.6. The Morgan fingerprint density at radius 3 is 2.95 bits per heavy atom. The zero-order valence-corrected chi connectivity index (χ0v) is 13.5. The zero-order valence-electron chi connectivity index (χ0n) is 12.7. The molecule has 118 valence electrons. The number of aryl methyl sites for hydroxylation is 1. The van der Waals surface area contributed by atoms with Gasteiger partial charge in [0.2, 0.25) is 0 Å². The van der Waals surface area contributed by atoms with Crippen LogP contribution in [0, 0.1) is 0 Å². The second kappa shape index (κ2) is 7.74. The summed E-state index contributed by atoms with van der Waals surface area (Å²) in [6.07, 6.45) is 1.78. The van der Waals surface area contributed by atoms with Crippen LogP contribution in [0.4, 0.5) is 0 Å². The van der Waals surface area contributed by atoms with Gasteiger partial charge in [0.1, 0.15) is 0 Å². The molecule has 0 aliphatic heterocycles. The summed E-state index contributed by atoms with van der Waals surface area (Å²) in [5.41, 5.74) is 2.15. The van der Waals surface area contributed by atoms with Crippen molar-refractivity contribution in [1.29, 1.82) is 0 Å². The number of H-pyrrole nitrogens is 1. The van der Waals surface area contributed by atoms with Crippen LogP contribution >= 0.6 is 11.3 Å². The molecule has 0 aromatic carbocycles. The van der Waals surface area contributed by atoms with Crippen molar-refractivity contribution in [2.45, 2.75) is 26.3 Å². The van der Waals surface area contributed by atoms with Crippen LogP contribution < -0.4 is 0 Å². The molecule has 0 atom stereocenters. The van der Waals surface area contributed by atoms with Crippen LogP contribution in [0.2, 0.25) is 0 Å². The lowest BCUT2D eigenvalue weighted by Gasteiger charge is -2.16. The summed E-state index contributed by atoms with van der Waals surface area (Å²) in [5.74, 6) is -0.834. The van der Waals surface area contributed by atoms with Crippen LogP contribution in [0.3, 0.4) is 0 Å². The number of aromatic amines is 1. The number of rotatable bonds is 7. The quantitative estimate of drug-likeness (QED) is 0.794. The highest BCUT2D eigenvalue weighted by atomic mass is 32.1. The first-order valence-electron chi connectivity index (χ1n) is 7.06. The third-order valence-corrected chi connectivity index (χ3v) is 3.84. The van der Waals surface area contributed by atoms with Crippen molar-refractivity contribution >= 4 is 23.2 Å². The number of esters is 1. The molecule has 1 N–H and O–H groups in total. The van der Waals surface area contributed by atoms with Gasteiger partial charge in [0.25, 0.3) is 5.91 Å². The van der Waals surface area contributed by atoms with Crippen molar-refractivity contribution in [1.82, 2.24) is 15.1 Å². The molecule has 2 aromatic rings. The number of hydrogen-bond donors (Lipinski definition) is 1. The third kappa shape index (κ3) is 4.42. The van der Waals surface area contributed by atoms with E-state index in [0.717, 1.165) is 24.1 Å². The van der Waals surface area contributed by atoms with Gasteiger partial charge in [-0.15, -0.1) is 0 Å². The molecule has 0 saturated heterocycles. The Morgan fingerprint density at radius 2 is 2.27 bits per heavy atom.